The summed E-state index contributed by atoms with van der Waals surface area (Å²) in [7, 11) is 1.52. The number of aromatic nitrogens is 2. The van der Waals surface area contributed by atoms with Gasteiger partial charge in [-0.1, -0.05) is 30.0 Å². The molecule has 0 radical (unpaired) electrons. The maximum Gasteiger partial charge on any atom is 0.387 e. The molecule has 0 fully saturated rings. The van der Waals surface area contributed by atoms with Crippen LogP contribution in [0.15, 0.2) is 76.7 Å². The Labute approximate surface area is 203 Å². The largest absolute Gasteiger partial charge is 0.495 e. The van der Waals surface area contributed by atoms with Crippen LogP contribution in [0.2, 0.25) is 0 Å². The number of halogens is 2. The smallest absolute Gasteiger partial charge is 0.387 e. The van der Waals surface area contributed by atoms with Crippen molar-refractivity contribution in [3.8, 4) is 17.2 Å². The molecule has 1 N–H and O–H groups in total. The number of fused-ring (bicyclic) bond motifs is 1. The second-order valence-corrected chi connectivity index (χ2v) is 8.41. The predicted molar refractivity (Wildman–Crippen MR) is 131 cm³/mol. The van der Waals surface area contributed by atoms with E-state index >= 15 is 0 Å². The molecule has 0 aliphatic carbocycles. The van der Waals surface area contributed by atoms with Crippen molar-refractivity contribution in [3.63, 3.8) is 0 Å². The molecule has 0 aliphatic heterocycles. The fraction of sp³-hybridized carbons (Fsp3) is 0.160. The number of rotatable bonds is 8. The summed E-state index contributed by atoms with van der Waals surface area (Å²) in [6, 6.07) is 17.9. The summed E-state index contributed by atoms with van der Waals surface area (Å²) in [4.78, 5) is 30.6. The van der Waals surface area contributed by atoms with Crippen LogP contribution in [0.25, 0.3) is 16.6 Å². The summed E-state index contributed by atoms with van der Waals surface area (Å²) in [6.07, 6.45) is 0. The number of alkyl halides is 2. The minimum absolute atomic E-state index is 0.0333. The molecule has 0 atom stereocenters. The Morgan fingerprint density at radius 3 is 2.57 bits per heavy atom. The van der Waals surface area contributed by atoms with E-state index in [9.17, 15) is 18.4 Å². The number of thioether (sulfide) groups is 1. The van der Waals surface area contributed by atoms with Gasteiger partial charge in [0.2, 0.25) is 5.91 Å². The van der Waals surface area contributed by atoms with Gasteiger partial charge in [0.15, 0.2) is 5.16 Å². The molecule has 0 bridgehead atoms. The number of hydrogen-bond acceptors (Lipinski definition) is 6. The highest BCUT2D eigenvalue weighted by Gasteiger charge is 2.16. The number of para-hydroxylation sites is 1. The zero-order valence-electron chi connectivity index (χ0n) is 18.8. The van der Waals surface area contributed by atoms with Crippen LogP contribution in [0.4, 0.5) is 14.5 Å². The first-order valence-corrected chi connectivity index (χ1v) is 11.5. The fourth-order valence-corrected chi connectivity index (χ4v) is 4.26. The third kappa shape index (κ3) is 5.60. The van der Waals surface area contributed by atoms with Gasteiger partial charge >= 0.3 is 6.61 Å². The van der Waals surface area contributed by atoms with Crippen molar-refractivity contribution < 1.29 is 23.0 Å². The van der Waals surface area contributed by atoms with Gasteiger partial charge in [0.25, 0.3) is 5.56 Å². The van der Waals surface area contributed by atoms with Crippen LogP contribution >= 0.6 is 11.8 Å². The lowest BCUT2D eigenvalue weighted by atomic mass is 10.2. The van der Waals surface area contributed by atoms with Gasteiger partial charge in [-0.2, -0.15) is 8.78 Å². The van der Waals surface area contributed by atoms with Gasteiger partial charge in [0.1, 0.15) is 11.5 Å². The van der Waals surface area contributed by atoms with Gasteiger partial charge < -0.3 is 14.8 Å². The average molecular weight is 498 g/mol. The first-order chi connectivity index (χ1) is 16.9. The van der Waals surface area contributed by atoms with Gasteiger partial charge in [-0.3, -0.25) is 14.2 Å². The van der Waals surface area contributed by atoms with Gasteiger partial charge in [-0.05, 0) is 61.0 Å². The summed E-state index contributed by atoms with van der Waals surface area (Å²) in [5.41, 5.74) is 2.03. The van der Waals surface area contributed by atoms with Crippen LogP contribution in [-0.4, -0.2) is 34.9 Å². The zero-order valence-corrected chi connectivity index (χ0v) is 19.6. The Morgan fingerprint density at radius 1 is 1.11 bits per heavy atom. The summed E-state index contributed by atoms with van der Waals surface area (Å²) < 4.78 is 36.1. The quantitative estimate of drug-likeness (QED) is 0.272. The Kier molecular flexibility index (Phi) is 7.31. The van der Waals surface area contributed by atoms with Crippen LogP contribution in [0, 0.1) is 6.92 Å². The molecule has 7 nitrogen and oxygen atoms in total. The lowest BCUT2D eigenvalue weighted by Crippen LogP contribution is -2.23. The van der Waals surface area contributed by atoms with Gasteiger partial charge in [0.05, 0.1) is 35.1 Å². The third-order valence-corrected chi connectivity index (χ3v) is 5.97. The van der Waals surface area contributed by atoms with E-state index in [0.29, 0.717) is 28.0 Å². The van der Waals surface area contributed by atoms with E-state index in [0.717, 1.165) is 17.3 Å². The van der Waals surface area contributed by atoms with Crippen molar-refractivity contribution in [2.24, 2.45) is 0 Å². The molecule has 1 aromatic heterocycles. The van der Waals surface area contributed by atoms with E-state index < -0.39 is 6.61 Å². The van der Waals surface area contributed by atoms with Gasteiger partial charge in [0, 0.05) is 0 Å². The van der Waals surface area contributed by atoms with E-state index in [1.165, 1.54) is 35.9 Å². The molecule has 0 saturated carbocycles. The Morgan fingerprint density at radius 2 is 1.86 bits per heavy atom. The fourth-order valence-electron chi connectivity index (χ4n) is 3.45. The minimum Gasteiger partial charge on any atom is -0.495 e. The van der Waals surface area contributed by atoms with Crippen LogP contribution in [0.1, 0.15) is 5.56 Å². The Balaban J connectivity index is 1.65. The van der Waals surface area contributed by atoms with Gasteiger partial charge in [-0.15, -0.1) is 0 Å². The van der Waals surface area contributed by atoms with E-state index in [1.807, 2.05) is 13.0 Å². The van der Waals surface area contributed by atoms with Crippen LogP contribution < -0.4 is 20.3 Å². The lowest BCUT2D eigenvalue weighted by molar-refractivity contribution is -0.113. The highest BCUT2D eigenvalue weighted by atomic mass is 32.2. The zero-order chi connectivity index (χ0) is 24.9. The molecule has 4 rings (SSSR count). The molecule has 3 aromatic carbocycles. The number of ether oxygens (including phenoxy) is 2. The number of hydrogen-bond donors (Lipinski definition) is 1. The highest BCUT2D eigenvalue weighted by Crippen LogP contribution is 2.27. The Hall–Kier alpha value is -3.92. The second-order valence-electron chi connectivity index (χ2n) is 7.47. The second kappa shape index (κ2) is 10.6. The van der Waals surface area contributed by atoms with Crippen molar-refractivity contribution in [2.45, 2.75) is 18.7 Å². The number of benzene rings is 3. The van der Waals surface area contributed by atoms with E-state index in [4.69, 9.17) is 4.74 Å². The van der Waals surface area contributed by atoms with Crippen LogP contribution in [0.3, 0.4) is 0 Å². The summed E-state index contributed by atoms with van der Waals surface area (Å²) in [6.45, 7) is -1.05. The number of aryl methyl sites for hydroxylation is 1. The van der Waals surface area contributed by atoms with Crippen LogP contribution in [0.5, 0.6) is 11.5 Å². The number of amides is 1. The number of nitrogens with zero attached hydrogens (tertiary/aromatic N) is 2. The Bertz CT molecular complexity index is 1420. The molecule has 1 heterocycles. The van der Waals surface area contributed by atoms with Crippen molar-refractivity contribution in [3.05, 3.63) is 82.6 Å². The number of carbonyl (C=O) groups excluding carboxylic acids is 1. The lowest BCUT2D eigenvalue weighted by Gasteiger charge is -2.14. The van der Waals surface area contributed by atoms with E-state index in [2.05, 4.69) is 15.0 Å². The molecule has 0 unspecified atom stereocenters. The van der Waals surface area contributed by atoms with E-state index in [-0.39, 0.29) is 28.1 Å². The first-order valence-electron chi connectivity index (χ1n) is 10.5. The topological polar surface area (TPSA) is 82.5 Å². The summed E-state index contributed by atoms with van der Waals surface area (Å²) >= 11 is 1.08. The number of anilines is 1. The molecule has 10 heteroatoms. The molecular formula is C25H21F2N3O4S. The van der Waals surface area contributed by atoms with Crippen molar-refractivity contribution in [2.75, 3.05) is 18.2 Å². The number of nitrogens with one attached hydrogen (secondary N) is 1. The number of methoxy groups -OCH3 is 1. The summed E-state index contributed by atoms with van der Waals surface area (Å²) in [5.74, 6) is 0.148. The minimum atomic E-state index is -2.96. The monoisotopic (exact) mass is 497 g/mol. The van der Waals surface area contributed by atoms with Crippen molar-refractivity contribution >= 4 is 34.3 Å². The third-order valence-electron chi connectivity index (χ3n) is 5.03. The molecule has 4 aromatic rings. The standard InChI is InChI=1S/C25H21F2N3O4S/c1-15-7-12-21(33-2)20(13-15)28-22(31)14-35-25-29-19-6-4-3-5-18(19)23(32)30(25)16-8-10-17(11-9-16)34-24(26)27/h3-13,24H,14H2,1-2H3,(H,28,31). The molecule has 35 heavy (non-hydrogen) atoms. The van der Waals surface area contributed by atoms with Crippen LogP contribution in [-0.2, 0) is 4.79 Å². The molecular weight excluding hydrogens is 476 g/mol. The molecule has 1 amide bonds. The SMILES string of the molecule is COc1ccc(C)cc1NC(=O)CSc1nc2ccccc2c(=O)n1-c1ccc(OC(F)F)cc1. The normalized spacial score (nSPS) is 11.0. The maximum absolute atomic E-state index is 13.3. The van der Waals surface area contributed by atoms with Crippen molar-refractivity contribution in [1.82, 2.24) is 9.55 Å². The van der Waals surface area contributed by atoms with Gasteiger partial charge in [-0.25, -0.2) is 4.98 Å². The maximum atomic E-state index is 13.3. The molecule has 0 spiro atoms. The van der Waals surface area contributed by atoms with E-state index in [1.54, 1.807) is 36.4 Å². The first kappa shape index (κ1) is 24.2. The predicted octanol–water partition coefficient (Wildman–Crippen LogP) is 5.03. The summed E-state index contributed by atoms with van der Waals surface area (Å²) in [5, 5.41) is 3.49. The van der Waals surface area contributed by atoms with Crippen molar-refractivity contribution in [1.29, 1.82) is 0 Å². The molecule has 180 valence electrons. The number of carbonyl (C=O) groups is 1. The molecule has 0 aliphatic rings. The average Bonchev–Trinajstić information content (AvgIpc) is 2.83. The molecule has 0 saturated heterocycles. The highest BCUT2D eigenvalue weighted by molar-refractivity contribution is 7.99.